The number of fused-ring (bicyclic) bond motifs is 1. The lowest BCUT2D eigenvalue weighted by molar-refractivity contribution is 0.550. The first kappa shape index (κ1) is 6.87. The minimum Gasteiger partial charge on any atom is -0.234 e. The summed E-state index contributed by atoms with van der Waals surface area (Å²) in [6.07, 6.45) is 7.44. The van der Waals surface area contributed by atoms with E-state index in [1.807, 2.05) is 12.0 Å². The van der Waals surface area contributed by atoms with Crippen LogP contribution >= 0.6 is 0 Å². The highest BCUT2D eigenvalue weighted by atomic mass is 16.1. The molecule has 0 aromatic carbocycles. The lowest BCUT2D eigenvalue weighted by Crippen LogP contribution is -1.96. The van der Waals surface area contributed by atoms with Crippen molar-refractivity contribution in [2.75, 3.05) is 0 Å². The molecular formula is C10H12O. The summed E-state index contributed by atoms with van der Waals surface area (Å²) in [5, 5.41) is 0. The second kappa shape index (κ2) is 2.09. The topological polar surface area (TPSA) is 17.1 Å². The second-order valence-corrected chi connectivity index (χ2v) is 3.63. The maximum atomic E-state index is 10.2. The van der Waals surface area contributed by atoms with Crippen molar-refractivity contribution in [3.8, 4) is 0 Å². The van der Waals surface area contributed by atoms with Crippen molar-refractivity contribution in [1.29, 1.82) is 0 Å². The first-order valence-electron chi connectivity index (χ1n) is 4.20. The van der Waals surface area contributed by atoms with Gasteiger partial charge in [-0.25, -0.2) is 4.79 Å². The Morgan fingerprint density at radius 1 is 1.64 bits per heavy atom. The Balaban J connectivity index is 2.25. The first-order valence-corrected chi connectivity index (χ1v) is 4.20. The van der Waals surface area contributed by atoms with Crippen molar-refractivity contribution in [2.45, 2.75) is 19.3 Å². The molecule has 0 amide bonds. The molecule has 11 heavy (non-hydrogen) atoms. The summed E-state index contributed by atoms with van der Waals surface area (Å²) in [5.41, 5.74) is 0.212. The molecule has 1 heteroatoms. The van der Waals surface area contributed by atoms with E-state index in [9.17, 15) is 4.79 Å². The van der Waals surface area contributed by atoms with E-state index in [0.29, 0.717) is 5.92 Å². The SMILES string of the molecule is C=C[C@H]1[C@@H]2CCC[C@]12C=C=O. The van der Waals surface area contributed by atoms with Gasteiger partial charge in [0, 0.05) is 11.5 Å². The summed E-state index contributed by atoms with van der Waals surface area (Å²) >= 11 is 0. The van der Waals surface area contributed by atoms with Gasteiger partial charge in [0.1, 0.15) is 5.94 Å². The van der Waals surface area contributed by atoms with E-state index in [4.69, 9.17) is 0 Å². The fraction of sp³-hybridized carbons (Fsp3) is 0.600. The van der Waals surface area contributed by atoms with E-state index in [-0.39, 0.29) is 5.41 Å². The van der Waals surface area contributed by atoms with Gasteiger partial charge in [-0.05, 0) is 24.7 Å². The van der Waals surface area contributed by atoms with E-state index in [1.165, 1.54) is 19.3 Å². The Labute approximate surface area is 66.8 Å². The van der Waals surface area contributed by atoms with Crippen LogP contribution in [0.25, 0.3) is 0 Å². The number of hydrogen-bond acceptors (Lipinski definition) is 1. The molecule has 2 saturated carbocycles. The average Bonchev–Trinajstić information content (AvgIpc) is 2.37. The third-order valence-corrected chi connectivity index (χ3v) is 3.34. The van der Waals surface area contributed by atoms with Crippen LogP contribution < -0.4 is 0 Å². The second-order valence-electron chi connectivity index (χ2n) is 3.63. The molecule has 0 aromatic rings. The molecule has 0 saturated heterocycles. The molecule has 0 radical (unpaired) electrons. The van der Waals surface area contributed by atoms with Crippen LogP contribution in [0, 0.1) is 17.3 Å². The highest BCUT2D eigenvalue weighted by Gasteiger charge is 2.63. The Kier molecular flexibility index (Phi) is 1.30. The van der Waals surface area contributed by atoms with Crippen molar-refractivity contribution in [3.63, 3.8) is 0 Å². The summed E-state index contributed by atoms with van der Waals surface area (Å²) in [4.78, 5) is 10.2. The van der Waals surface area contributed by atoms with Crippen LogP contribution in [0.5, 0.6) is 0 Å². The molecule has 2 aliphatic rings. The van der Waals surface area contributed by atoms with Gasteiger partial charge in [0.2, 0.25) is 0 Å². The lowest BCUT2D eigenvalue weighted by Gasteiger charge is -2.03. The van der Waals surface area contributed by atoms with Crippen LogP contribution in [0.15, 0.2) is 18.7 Å². The van der Waals surface area contributed by atoms with Crippen LogP contribution in [0.2, 0.25) is 0 Å². The summed E-state index contributed by atoms with van der Waals surface area (Å²) in [6.45, 7) is 3.78. The normalized spacial score (nSPS) is 45.8. The molecule has 2 rings (SSSR count). The quantitative estimate of drug-likeness (QED) is 0.432. The Morgan fingerprint density at radius 2 is 2.45 bits per heavy atom. The standard InChI is InChI=1S/C10H12O/c1-2-8-9-4-3-5-10(8,9)6-7-11/h2,6,8-9H,1,3-5H2/t8-,9-,10-/m0/s1. The molecule has 0 spiro atoms. The van der Waals surface area contributed by atoms with Crippen molar-refractivity contribution in [2.24, 2.45) is 17.3 Å². The zero-order chi connectivity index (χ0) is 7.90. The maximum absolute atomic E-state index is 10.2. The highest BCUT2D eigenvalue weighted by molar-refractivity contribution is 5.51. The van der Waals surface area contributed by atoms with Gasteiger partial charge < -0.3 is 0 Å². The number of rotatable bonds is 2. The molecule has 2 fully saturated rings. The van der Waals surface area contributed by atoms with E-state index < -0.39 is 0 Å². The number of hydrogen-bond donors (Lipinski definition) is 0. The molecule has 0 aromatic heterocycles. The van der Waals surface area contributed by atoms with Gasteiger partial charge in [0.05, 0.1) is 0 Å². The van der Waals surface area contributed by atoms with E-state index >= 15 is 0 Å². The average molecular weight is 148 g/mol. The fourth-order valence-electron chi connectivity index (χ4n) is 2.77. The highest BCUT2D eigenvalue weighted by Crippen LogP contribution is 2.69. The minimum atomic E-state index is 0.212. The van der Waals surface area contributed by atoms with Gasteiger partial charge in [-0.2, -0.15) is 0 Å². The zero-order valence-electron chi connectivity index (χ0n) is 6.55. The molecular weight excluding hydrogens is 136 g/mol. The Hall–Kier alpha value is -0.810. The van der Waals surface area contributed by atoms with Gasteiger partial charge in [-0.3, -0.25) is 0 Å². The van der Waals surface area contributed by atoms with Gasteiger partial charge in [0.15, 0.2) is 0 Å². The zero-order valence-corrected chi connectivity index (χ0v) is 6.55. The number of allylic oxidation sites excluding steroid dienone is 2. The maximum Gasteiger partial charge on any atom is 0.120 e. The van der Waals surface area contributed by atoms with Crippen LogP contribution in [-0.4, -0.2) is 5.94 Å². The summed E-state index contributed by atoms with van der Waals surface area (Å²) < 4.78 is 0. The number of carbonyl (C=O) groups excluding carboxylic acids is 1. The third kappa shape index (κ3) is 0.693. The molecule has 3 atom stereocenters. The predicted octanol–water partition coefficient (Wildman–Crippen LogP) is 1.98. The van der Waals surface area contributed by atoms with Crippen molar-refractivity contribution in [3.05, 3.63) is 18.7 Å². The molecule has 0 aliphatic heterocycles. The van der Waals surface area contributed by atoms with Crippen LogP contribution in [0.1, 0.15) is 19.3 Å². The Morgan fingerprint density at radius 3 is 3.00 bits per heavy atom. The lowest BCUT2D eigenvalue weighted by atomic mass is 10.0. The largest absolute Gasteiger partial charge is 0.234 e. The molecule has 1 nitrogen and oxygen atoms in total. The van der Waals surface area contributed by atoms with Gasteiger partial charge >= 0.3 is 0 Å². The van der Waals surface area contributed by atoms with Gasteiger partial charge in [-0.1, -0.05) is 12.5 Å². The van der Waals surface area contributed by atoms with Crippen molar-refractivity contribution >= 4 is 5.94 Å². The van der Waals surface area contributed by atoms with E-state index in [1.54, 1.807) is 6.08 Å². The van der Waals surface area contributed by atoms with Crippen LogP contribution in [0.4, 0.5) is 0 Å². The van der Waals surface area contributed by atoms with E-state index in [2.05, 4.69) is 6.58 Å². The Bertz CT molecular complexity index is 237. The molecule has 2 aliphatic carbocycles. The molecule has 58 valence electrons. The van der Waals surface area contributed by atoms with E-state index in [0.717, 1.165) is 5.92 Å². The summed E-state index contributed by atoms with van der Waals surface area (Å²) in [6, 6.07) is 0. The van der Waals surface area contributed by atoms with Gasteiger partial charge in [-0.15, -0.1) is 6.58 Å². The third-order valence-electron chi connectivity index (χ3n) is 3.34. The summed E-state index contributed by atoms with van der Waals surface area (Å²) in [5.74, 6) is 3.24. The van der Waals surface area contributed by atoms with Crippen molar-refractivity contribution < 1.29 is 4.79 Å². The first-order chi connectivity index (χ1) is 5.35. The molecule has 0 unspecified atom stereocenters. The molecule has 0 bridgehead atoms. The predicted molar refractivity (Wildman–Crippen MR) is 43.7 cm³/mol. The van der Waals surface area contributed by atoms with Crippen LogP contribution in [-0.2, 0) is 4.79 Å². The monoisotopic (exact) mass is 148 g/mol. The summed E-state index contributed by atoms with van der Waals surface area (Å²) in [7, 11) is 0. The molecule has 0 N–H and O–H groups in total. The fourth-order valence-corrected chi connectivity index (χ4v) is 2.77. The smallest absolute Gasteiger partial charge is 0.120 e. The van der Waals surface area contributed by atoms with Crippen molar-refractivity contribution in [1.82, 2.24) is 0 Å². The van der Waals surface area contributed by atoms with Gasteiger partial charge in [0.25, 0.3) is 0 Å². The minimum absolute atomic E-state index is 0.212. The van der Waals surface area contributed by atoms with Crippen LogP contribution in [0.3, 0.4) is 0 Å². The molecule has 0 heterocycles.